The van der Waals surface area contributed by atoms with Crippen molar-refractivity contribution >= 4 is 21.8 Å². The molecule has 1 rings (SSSR count). The molecule has 0 saturated carbocycles. The van der Waals surface area contributed by atoms with Crippen LogP contribution in [-0.2, 0) is 0 Å². The molecule has 0 aromatic carbocycles. The summed E-state index contributed by atoms with van der Waals surface area (Å²) in [5.74, 6) is 0.873. The van der Waals surface area contributed by atoms with Crippen LogP contribution in [0.5, 0.6) is 0 Å². The summed E-state index contributed by atoms with van der Waals surface area (Å²) in [6.07, 6.45) is 0.903. The molecule has 0 radical (unpaired) electrons. The predicted molar refractivity (Wildman–Crippen MR) is 65.7 cm³/mol. The number of hydrogen-bond donors (Lipinski definition) is 1. The summed E-state index contributed by atoms with van der Waals surface area (Å²) in [6, 6.07) is 1.80. The molecule has 0 aliphatic carbocycles. The Morgan fingerprint density at radius 1 is 1.62 bits per heavy atom. The zero-order valence-electron chi connectivity index (χ0n) is 9.79. The molecule has 4 nitrogen and oxygen atoms in total. The number of rotatable bonds is 5. The highest BCUT2D eigenvalue weighted by molar-refractivity contribution is 9.09. The lowest BCUT2D eigenvalue weighted by Gasteiger charge is -2.20. The van der Waals surface area contributed by atoms with Crippen LogP contribution >= 0.6 is 15.9 Å². The Hall–Kier alpha value is -0.840. The molecule has 16 heavy (non-hydrogen) atoms. The zero-order valence-corrected chi connectivity index (χ0v) is 11.4. The fraction of sp³-hybridized carbons (Fsp3) is 0.636. The summed E-state index contributed by atoms with van der Waals surface area (Å²) in [7, 11) is 0. The van der Waals surface area contributed by atoms with Gasteiger partial charge in [0, 0.05) is 17.4 Å². The molecule has 90 valence electrons. The molecule has 1 aromatic rings. The van der Waals surface area contributed by atoms with E-state index in [0.717, 1.165) is 11.8 Å². The second-order valence-corrected chi connectivity index (χ2v) is 4.92. The minimum Gasteiger partial charge on any atom is -0.361 e. The Morgan fingerprint density at radius 2 is 2.31 bits per heavy atom. The maximum atomic E-state index is 11.8. The van der Waals surface area contributed by atoms with Gasteiger partial charge in [-0.1, -0.05) is 34.9 Å². The van der Waals surface area contributed by atoms with Crippen molar-refractivity contribution < 1.29 is 9.32 Å². The summed E-state index contributed by atoms with van der Waals surface area (Å²) in [5.41, 5.74) is 0.345. The standard InChI is InChI=1S/C11H17BrN2O2/c1-7(2)9(4-5-12)13-11(15)10-6-8(3)16-14-10/h6-7,9H,4-5H2,1-3H3,(H,13,15). The number of carbonyl (C=O) groups is 1. The molecule has 0 saturated heterocycles. The second kappa shape index (κ2) is 6.03. The molecule has 1 N–H and O–H groups in total. The van der Waals surface area contributed by atoms with Crippen LogP contribution in [0.3, 0.4) is 0 Å². The summed E-state index contributed by atoms with van der Waals surface area (Å²) >= 11 is 3.38. The van der Waals surface area contributed by atoms with Gasteiger partial charge >= 0.3 is 0 Å². The highest BCUT2D eigenvalue weighted by Crippen LogP contribution is 2.09. The number of aromatic nitrogens is 1. The van der Waals surface area contributed by atoms with E-state index in [4.69, 9.17) is 4.52 Å². The Balaban J connectivity index is 2.61. The molecule has 1 heterocycles. The van der Waals surface area contributed by atoms with Crippen LogP contribution in [0.15, 0.2) is 10.6 Å². The van der Waals surface area contributed by atoms with Gasteiger partial charge in [0.2, 0.25) is 0 Å². The fourth-order valence-corrected chi connectivity index (χ4v) is 1.90. The van der Waals surface area contributed by atoms with Crippen LogP contribution < -0.4 is 5.32 Å². The van der Waals surface area contributed by atoms with Crippen LogP contribution in [0.2, 0.25) is 0 Å². The molecule has 0 spiro atoms. The van der Waals surface area contributed by atoms with Gasteiger partial charge in [-0.05, 0) is 19.3 Å². The van der Waals surface area contributed by atoms with E-state index in [1.54, 1.807) is 13.0 Å². The van der Waals surface area contributed by atoms with E-state index in [-0.39, 0.29) is 11.9 Å². The Kier molecular flexibility index (Phi) is 4.99. The highest BCUT2D eigenvalue weighted by atomic mass is 79.9. The van der Waals surface area contributed by atoms with Gasteiger partial charge < -0.3 is 9.84 Å². The molecule has 1 unspecified atom stereocenters. The fourth-order valence-electron chi connectivity index (χ4n) is 1.41. The number of alkyl halides is 1. The average molecular weight is 289 g/mol. The van der Waals surface area contributed by atoms with Crippen molar-refractivity contribution in [3.8, 4) is 0 Å². The third kappa shape index (κ3) is 3.63. The van der Waals surface area contributed by atoms with Crippen molar-refractivity contribution in [2.24, 2.45) is 5.92 Å². The van der Waals surface area contributed by atoms with Crippen LogP contribution in [-0.4, -0.2) is 22.4 Å². The lowest BCUT2D eigenvalue weighted by Crippen LogP contribution is -2.39. The summed E-state index contributed by atoms with van der Waals surface area (Å²) in [4.78, 5) is 11.8. The summed E-state index contributed by atoms with van der Waals surface area (Å²) in [5, 5.41) is 7.51. The summed E-state index contributed by atoms with van der Waals surface area (Å²) in [6.45, 7) is 5.94. The maximum absolute atomic E-state index is 11.8. The van der Waals surface area contributed by atoms with E-state index in [9.17, 15) is 4.79 Å². The molecule has 0 aliphatic heterocycles. The Labute approximate surface area is 104 Å². The third-order valence-corrected chi connectivity index (χ3v) is 2.86. The van der Waals surface area contributed by atoms with Crippen LogP contribution in [0, 0.1) is 12.8 Å². The lowest BCUT2D eigenvalue weighted by molar-refractivity contribution is 0.0916. The van der Waals surface area contributed by atoms with Gasteiger partial charge in [-0.15, -0.1) is 0 Å². The average Bonchev–Trinajstić information content (AvgIpc) is 2.64. The molecule has 1 aromatic heterocycles. The Morgan fingerprint density at radius 3 is 2.75 bits per heavy atom. The van der Waals surface area contributed by atoms with E-state index >= 15 is 0 Å². The first-order valence-electron chi connectivity index (χ1n) is 5.34. The number of nitrogens with one attached hydrogen (secondary N) is 1. The number of carbonyl (C=O) groups excluding carboxylic acids is 1. The molecule has 5 heteroatoms. The lowest BCUT2D eigenvalue weighted by atomic mass is 10.0. The van der Waals surface area contributed by atoms with Crippen molar-refractivity contribution in [3.63, 3.8) is 0 Å². The van der Waals surface area contributed by atoms with Crippen LogP contribution in [0.25, 0.3) is 0 Å². The maximum Gasteiger partial charge on any atom is 0.273 e. The van der Waals surface area contributed by atoms with E-state index in [2.05, 4.69) is 40.3 Å². The third-order valence-electron chi connectivity index (χ3n) is 2.40. The van der Waals surface area contributed by atoms with Crippen molar-refractivity contribution in [1.82, 2.24) is 10.5 Å². The van der Waals surface area contributed by atoms with E-state index in [0.29, 0.717) is 17.4 Å². The van der Waals surface area contributed by atoms with Gasteiger partial charge in [0.1, 0.15) is 5.76 Å². The van der Waals surface area contributed by atoms with Gasteiger partial charge in [0.25, 0.3) is 5.91 Å². The quantitative estimate of drug-likeness (QED) is 0.847. The smallest absolute Gasteiger partial charge is 0.273 e. The van der Waals surface area contributed by atoms with E-state index < -0.39 is 0 Å². The number of aryl methyl sites for hydroxylation is 1. The Bertz CT molecular complexity index is 350. The van der Waals surface area contributed by atoms with Crippen molar-refractivity contribution in [2.45, 2.75) is 33.2 Å². The monoisotopic (exact) mass is 288 g/mol. The largest absolute Gasteiger partial charge is 0.361 e. The van der Waals surface area contributed by atoms with Crippen molar-refractivity contribution in [3.05, 3.63) is 17.5 Å². The van der Waals surface area contributed by atoms with Crippen LogP contribution in [0.1, 0.15) is 36.5 Å². The molecule has 0 aliphatic rings. The number of halogens is 1. The molecular formula is C11H17BrN2O2. The summed E-state index contributed by atoms with van der Waals surface area (Å²) < 4.78 is 4.87. The number of amides is 1. The normalized spacial score (nSPS) is 12.8. The first-order valence-corrected chi connectivity index (χ1v) is 6.47. The topological polar surface area (TPSA) is 55.1 Å². The van der Waals surface area contributed by atoms with E-state index in [1.165, 1.54) is 0 Å². The molecule has 0 bridgehead atoms. The number of nitrogens with zero attached hydrogens (tertiary/aromatic N) is 1. The SMILES string of the molecule is Cc1cc(C(=O)NC(CCBr)C(C)C)no1. The molecule has 1 amide bonds. The van der Waals surface area contributed by atoms with Crippen molar-refractivity contribution in [1.29, 1.82) is 0 Å². The minimum absolute atomic E-state index is 0.156. The van der Waals surface area contributed by atoms with Gasteiger partial charge in [-0.25, -0.2) is 0 Å². The first-order chi connectivity index (χ1) is 7.54. The minimum atomic E-state index is -0.170. The van der Waals surface area contributed by atoms with Gasteiger partial charge in [0.15, 0.2) is 5.69 Å². The van der Waals surface area contributed by atoms with E-state index in [1.807, 2.05) is 0 Å². The number of hydrogen-bond acceptors (Lipinski definition) is 3. The molecule has 1 atom stereocenters. The van der Waals surface area contributed by atoms with Crippen molar-refractivity contribution in [2.75, 3.05) is 5.33 Å². The van der Waals surface area contributed by atoms with Gasteiger partial charge in [0.05, 0.1) is 0 Å². The first kappa shape index (κ1) is 13.2. The highest BCUT2D eigenvalue weighted by Gasteiger charge is 2.18. The van der Waals surface area contributed by atoms with Crippen LogP contribution in [0.4, 0.5) is 0 Å². The second-order valence-electron chi connectivity index (χ2n) is 4.12. The molecular weight excluding hydrogens is 272 g/mol. The van der Waals surface area contributed by atoms with Gasteiger partial charge in [-0.3, -0.25) is 4.79 Å². The molecule has 0 fully saturated rings. The zero-order chi connectivity index (χ0) is 12.1. The van der Waals surface area contributed by atoms with Gasteiger partial charge in [-0.2, -0.15) is 0 Å². The predicted octanol–water partition coefficient (Wildman–Crippen LogP) is 2.52.